The van der Waals surface area contributed by atoms with Crippen molar-refractivity contribution >= 4 is 18.0 Å². The van der Waals surface area contributed by atoms with Crippen molar-refractivity contribution < 1.29 is 28.6 Å². The molecule has 2 atom stereocenters. The van der Waals surface area contributed by atoms with E-state index in [0.717, 1.165) is 10.0 Å². The summed E-state index contributed by atoms with van der Waals surface area (Å²) in [6, 6.07) is 0. The maximum Gasteiger partial charge on any atom is 0.432 e. The second-order valence-electron chi connectivity index (χ2n) is 4.27. The molecule has 0 spiro atoms. The molecular formula is C12H16N2O6. The normalized spacial score (nSPS) is 27.8. The molecule has 1 saturated heterocycles. The van der Waals surface area contributed by atoms with E-state index >= 15 is 0 Å². The monoisotopic (exact) mass is 284 g/mol. The first kappa shape index (κ1) is 14.3. The Hall–Kier alpha value is -2.09. The second kappa shape index (κ2) is 5.12. The quantitative estimate of drug-likeness (QED) is 0.753. The SMILES string of the molecule is CCOC(=O)N1[C@H]2C=CC(=O)[C@](C)(O2)N1C(=O)OCC. The van der Waals surface area contributed by atoms with Crippen LogP contribution in [0.1, 0.15) is 20.8 Å². The van der Waals surface area contributed by atoms with Crippen LogP contribution in [0.15, 0.2) is 12.2 Å². The molecular weight excluding hydrogens is 268 g/mol. The van der Waals surface area contributed by atoms with Gasteiger partial charge in [-0.15, -0.1) is 0 Å². The van der Waals surface area contributed by atoms with Gasteiger partial charge < -0.3 is 14.2 Å². The summed E-state index contributed by atoms with van der Waals surface area (Å²) < 4.78 is 15.2. The Morgan fingerprint density at radius 2 is 1.90 bits per heavy atom. The Balaban J connectivity index is 2.38. The molecule has 0 saturated carbocycles. The summed E-state index contributed by atoms with van der Waals surface area (Å²) in [5.74, 6) is -0.450. The minimum absolute atomic E-state index is 0.106. The van der Waals surface area contributed by atoms with Gasteiger partial charge in [-0.25, -0.2) is 9.59 Å². The van der Waals surface area contributed by atoms with E-state index in [0.29, 0.717) is 0 Å². The Bertz CT molecular complexity index is 477. The average Bonchev–Trinajstić information content (AvgIpc) is 2.65. The highest BCUT2D eigenvalue weighted by atomic mass is 16.6. The second-order valence-corrected chi connectivity index (χ2v) is 4.27. The van der Waals surface area contributed by atoms with Gasteiger partial charge in [0.25, 0.3) is 0 Å². The van der Waals surface area contributed by atoms with Crippen LogP contribution in [0.25, 0.3) is 0 Å². The molecule has 8 heteroatoms. The van der Waals surface area contributed by atoms with Crippen molar-refractivity contribution in [3.8, 4) is 0 Å². The number of carbonyl (C=O) groups excluding carboxylic acids is 3. The maximum atomic E-state index is 12.1. The molecule has 2 amide bonds. The minimum atomic E-state index is -1.60. The summed E-state index contributed by atoms with van der Waals surface area (Å²) in [6.45, 7) is 4.90. The first-order valence-electron chi connectivity index (χ1n) is 6.29. The van der Waals surface area contributed by atoms with E-state index in [1.54, 1.807) is 13.8 Å². The number of nitrogens with zero attached hydrogens (tertiary/aromatic N) is 2. The smallest absolute Gasteiger partial charge is 0.432 e. The van der Waals surface area contributed by atoms with Gasteiger partial charge in [-0.05, 0) is 32.9 Å². The van der Waals surface area contributed by atoms with Crippen molar-refractivity contribution in [2.24, 2.45) is 0 Å². The average molecular weight is 284 g/mol. The molecule has 0 radical (unpaired) electrons. The highest BCUT2D eigenvalue weighted by Gasteiger charge is 2.59. The van der Waals surface area contributed by atoms with Gasteiger partial charge in [0.1, 0.15) is 0 Å². The van der Waals surface area contributed by atoms with Crippen LogP contribution < -0.4 is 0 Å². The van der Waals surface area contributed by atoms with Crippen LogP contribution >= 0.6 is 0 Å². The van der Waals surface area contributed by atoms with E-state index in [1.807, 2.05) is 0 Å². The highest BCUT2D eigenvalue weighted by molar-refractivity contribution is 6.00. The molecule has 2 rings (SSSR count). The Labute approximate surface area is 115 Å². The molecule has 0 aliphatic carbocycles. The third kappa shape index (κ3) is 2.01. The summed E-state index contributed by atoms with van der Waals surface area (Å²) in [6.07, 6.45) is 0.164. The fourth-order valence-corrected chi connectivity index (χ4v) is 2.08. The van der Waals surface area contributed by atoms with Gasteiger partial charge in [0, 0.05) is 0 Å². The number of hydrogen-bond acceptors (Lipinski definition) is 6. The molecule has 0 N–H and O–H groups in total. The van der Waals surface area contributed by atoms with Crippen molar-refractivity contribution in [2.75, 3.05) is 13.2 Å². The molecule has 8 nitrogen and oxygen atoms in total. The molecule has 110 valence electrons. The Kier molecular flexibility index (Phi) is 3.67. The van der Waals surface area contributed by atoms with Crippen LogP contribution in [0, 0.1) is 0 Å². The van der Waals surface area contributed by atoms with Gasteiger partial charge in [-0.3, -0.25) is 4.79 Å². The van der Waals surface area contributed by atoms with Crippen molar-refractivity contribution in [2.45, 2.75) is 32.7 Å². The van der Waals surface area contributed by atoms with Crippen LogP contribution in [-0.4, -0.2) is 53.2 Å². The zero-order chi connectivity index (χ0) is 14.9. The predicted octanol–water partition coefficient (Wildman–Crippen LogP) is 1.03. The van der Waals surface area contributed by atoms with E-state index < -0.39 is 29.9 Å². The molecule has 0 aromatic rings. The van der Waals surface area contributed by atoms with Gasteiger partial charge in [0.2, 0.25) is 11.5 Å². The van der Waals surface area contributed by atoms with Gasteiger partial charge in [0.05, 0.1) is 13.2 Å². The van der Waals surface area contributed by atoms with E-state index in [4.69, 9.17) is 14.2 Å². The van der Waals surface area contributed by atoms with Gasteiger partial charge in [-0.1, -0.05) is 0 Å². The number of carbonyl (C=O) groups is 3. The maximum absolute atomic E-state index is 12.1. The largest absolute Gasteiger partial charge is 0.448 e. The zero-order valence-corrected chi connectivity index (χ0v) is 11.5. The number of amides is 2. The van der Waals surface area contributed by atoms with Gasteiger partial charge in [-0.2, -0.15) is 10.0 Å². The van der Waals surface area contributed by atoms with E-state index in [1.165, 1.54) is 19.1 Å². The topological polar surface area (TPSA) is 85.4 Å². The van der Waals surface area contributed by atoms with Crippen molar-refractivity contribution in [3.63, 3.8) is 0 Å². The van der Waals surface area contributed by atoms with Crippen molar-refractivity contribution in [3.05, 3.63) is 12.2 Å². The first-order valence-corrected chi connectivity index (χ1v) is 6.29. The van der Waals surface area contributed by atoms with E-state index in [9.17, 15) is 14.4 Å². The molecule has 2 aliphatic heterocycles. The summed E-state index contributed by atoms with van der Waals surface area (Å²) >= 11 is 0. The molecule has 20 heavy (non-hydrogen) atoms. The lowest BCUT2D eigenvalue weighted by Crippen LogP contribution is -2.57. The van der Waals surface area contributed by atoms with Gasteiger partial charge in [0.15, 0.2) is 6.23 Å². The predicted molar refractivity (Wildman–Crippen MR) is 65.1 cm³/mol. The number of ketones is 1. The first-order chi connectivity index (χ1) is 9.45. The number of hydrazine groups is 1. The molecule has 0 unspecified atom stereocenters. The Morgan fingerprint density at radius 1 is 1.30 bits per heavy atom. The lowest BCUT2D eigenvalue weighted by Gasteiger charge is -2.32. The number of ether oxygens (including phenoxy) is 3. The zero-order valence-electron chi connectivity index (χ0n) is 11.5. The summed E-state index contributed by atoms with van der Waals surface area (Å²) in [5, 5.41) is 1.81. The standard InChI is InChI=1S/C12H16N2O6/c1-4-18-10(16)13-9-7-6-8(15)12(3,20-9)14(13)11(17)19-5-2/h6-7,9H,4-5H2,1-3H3/t9-,12+/m1/s1. The molecule has 2 aliphatic rings. The summed E-state index contributed by atoms with van der Waals surface area (Å²) in [4.78, 5) is 36.0. The fraction of sp³-hybridized carbons (Fsp3) is 0.583. The lowest BCUT2D eigenvalue weighted by molar-refractivity contribution is -0.149. The summed E-state index contributed by atoms with van der Waals surface area (Å²) in [7, 11) is 0. The molecule has 0 aromatic carbocycles. The lowest BCUT2D eigenvalue weighted by atomic mass is 10.1. The third-order valence-corrected chi connectivity index (χ3v) is 2.98. The van der Waals surface area contributed by atoms with E-state index in [2.05, 4.69) is 0 Å². The van der Waals surface area contributed by atoms with E-state index in [-0.39, 0.29) is 13.2 Å². The molecule has 1 fully saturated rings. The molecule has 2 heterocycles. The van der Waals surface area contributed by atoms with Crippen LogP contribution in [-0.2, 0) is 19.0 Å². The minimum Gasteiger partial charge on any atom is -0.448 e. The number of fused-ring (bicyclic) bond motifs is 2. The Morgan fingerprint density at radius 3 is 2.50 bits per heavy atom. The van der Waals surface area contributed by atoms with Crippen molar-refractivity contribution in [1.29, 1.82) is 0 Å². The van der Waals surface area contributed by atoms with Crippen LogP contribution in [0.3, 0.4) is 0 Å². The third-order valence-electron chi connectivity index (χ3n) is 2.98. The molecule has 2 bridgehead atoms. The fourth-order valence-electron chi connectivity index (χ4n) is 2.08. The highest BCUT2D eigenvalue weighted by Crippen LogP contribution is 2.37. The summed E-state index contributed by atoms with van der Waals surface area (Å²) in [5.41, 5.74) is -1.60. The number of rotatable bonds is 2. The number of hydrogen-bond donors (Lipinski definition) is 0. The van der Waals surface area contributed by atoms with Gasteiger partial charge >= 0.3 is 12.2 Å². The van der Waals surface area contributed by atoms with Crippen LogP contribution in [0.2, 0.25) is 0 Å². The van der Waals surface area contributed by atoms with Crippen LogP contribution in [0.5, 0.6) is 0 Å². The van der Waals surface area contributed by atoms with Crippen molar-refractivity contribution in [1.82, 2.24) is 10.0 Å². The molecule has 0 aromatic heterocycles. The van der Waals surface area contributed by atoms with Crippen LogP contribution in [0.4, 0.5) is 9.59 Å².